The van der Waals surface area contributed by atoms with Crippen LogP contribution in [0.15, 0.2) is 101 Å². The number of halogens is 4. The predicted octanol–water partition coefficient (Wildman–Crippen LogP) is 5.00. The Morgan fingerprint density at radius 1 is 0.904 bits per heavy atom. The van der Waals surface area contributed by atoms with Crippen LogP contribution in [0.25, 0.3) is 0 Å². The summed E-state index contributed by atoms with van der Waals surface area (Å²) >= 11 is 0. The molecule has 0 amide bonds. The number of carbonyl (C=O) groups is 2. The first kappa shape index (κ1) is 41.1. The molecule has 0 saturated carbocycles. The molecule has 280 valence electrons. The average molecular weight is 752 g/mol. The second-order valence-corrected chi connectivity index (χ2v) is 11.0. The minimum absolute atomic E-state index is 0. The molecule has 2 atom stereocenters. The maximum absolute atomic E-state index is 14.1. The molecule has 2 unspecified atom stereocenters. The van der Waals surface area contributed by atoms with Crippen molar-refractivity contribution in [3.8, 4) is 17.2 Å². The molecule has 0 bridgehead atoms. The third-order valence-corrected chi connectivity index (χ3v) is 7.41. The maximum Gasteiger partial charge on any atom is 0.431 e. The number of aliphatic hydroxyl groups is 1. The number of nitro benzene ring substituents is 1. The third-order valence-electron chi connectivity index (χ3n) is 7.41. The van der Waals surface area contributed by atoms with Gasteiger partial charge in [0, 0.05) is 30.9 Å². The lowest BCUT2D eigenvalue weighted by atomic mass is 9.80. The highest BCUT2D eigenvalue weighted by atomic mass is 35.5. The molecule has 3 aromatic rings. The van der Waals surface area contributed by atoms with Gasteiger partial charge in [-0.05, 0) is 48.9 Å². The number of nitro groups is 1. The number of allylic oxidation sites excluding steroid dienone is 2. The highest BCUT2D eigenvalue weighted by Gasteiger charge is 2.47. The van der Waals surface area contributed by atoms with Crippen LogP contribution in [0.2, 0.25) is 0 Å². The van der Waals surface area contributed by atoms with Gasteiger partial charge in [-0.3, -0.25) is 10.1 Å². The number of carbonyl (C=O) groups excluding carboxylic acids is 2. The zero-order valence-corrected chi connectivity index (χ0v) is 28.8. The number of dihydropyridines is 1. The number of aliphatic hydroxyl groups excluding tert-OH is 1. The summed E-state index contributed by atoms with van der Waals surface area (Å²) in [5, 5.41) is 26.7. The minimum atomic E-state index is -5.06. The van der Waals surface area contributed by atoms with Gasteiger partial charge in [-0.1, -0.05) is 30.3 Å². The van der Waals surface area contributed by atoms with Gasteiger partial charge in [0.2, 0.25) is 0 Å². The average Bonchev–Trinajstić information content (AvgIpc) is 3.12. The van der Waals surface area contributed by atoms with Crippen LogP contribution in [0, 0.1) is 10.1 Å². The van der Waals surface area contributed by atoms with Crippen molar-refractivity contribution in [1.29, 1.82) is 0 Å². The Morgan fingerprint density at radius 3 is 2.15 bits per heavy atom. The van der Waals surface area contributed by atoms with E-state index in [-0.39, 0.29) is 49.1 Å². The second-order valence-electron chi connectivity index (χ2n) is 11.0. The van der Waals surface area contributed by atoms with Gasteiger partial charge in [0.25, 0.3) is 5.69 Å². The van der Waals surface area contributed by atoms with Gasteiger partial charge in [-0.2, -0.15) is 13.2 Å². The van der Waals surface area contributed by atoms with E-state index in [0.29, 0.717) is 36.9 Å². The molecule has 4 rings (SSSR count). The molecule has 3 N–H and O–H groups in total. The Bertz CT molecular complexity index is 1740. The first-order valence-corrected chi connectivity index (χ1v) is 15.6. The van der Waals surface area contributed by atoms with Gasteiger partial charge < -0.3 is 39.4 Å². The van der Waals surface area contributed by atoms with Crippen molar-refractivity contribution < 1.29 is 56.5 Å². The summed E-state index contributed by atoms with van der Waals surface area (Å²) in [6, 6.07) is 20.3. The molecule has 0 fully saturated rings. The Balaban J connectivity index is 0.00000729. The molecule has 3 aromatic carbocycles. The highest BCUT2D eigenvalue weighted by Crippen LogP contribution is 2.44. The van der Waals surface area contributed by atoms with Crippen LogP contribution < -0.4 is 24.8 Å². The second kappa shape index (κ2) is 19.3. The van der Waals surface area contributed by atoms with Crippen molar-refractivity contribution >= 4 is 30.0 Å². The van der Waals surface area contributed by atoms with E-state index < -0.39 is 52.0 Å². The largest absolute Gasteiger partial charge is 0.492 e. The van der Waals surface area contributed by atoms with Crippen LogP contribution in [-0.2, 0) is 19.1 Å². The van der Waals surface area contributed by atoms with E-state index in [1.165, 1.54) is 19.1 Å². The van der Waals surface area contributed by atoms with Crippen LogP contribution >= 0.6 is 12.4 Å². The fourth-order valence-corrected chi connectivity index (χ4v) is 5.08. The number of methoxy groups -OCH3 is 1. The number of hydrogen-bond donors (Lipinski definition) is 3. The Labute approximate surface area is 302 Å². The van der Waals surface area contributed by atoms with Crippen LogP contribution in [0.5, 0.6) is 17.2 Å². The fraction of sp³-hybridized carbons (Fsp3) is 0.314. The number of ether oxygens (including phenoxy) is 5. The summed E-state index contributed by atoms with van der Waals surface area (Å²) in [6.07, 6.45) is -5.77. The van der Waals surface area contributed by atoms with Gasteiger partial charge in [0.05, 0.1) is 29.1 Å². The van der Waals surface area contributed by atoms with Gasteiger partial charge in [-0.25, -0.2) is 9.59 Å². The maximum atomic E-state index is 14.1. The molecule has 17 heteroatoms. The topological polar surface area (TPSA) is 168 Å². The number of para-hydroxylation sites is 1. The van der Waals surface area contributed by atoms with Gasteiger partial charge >= 0.3 is 18.1 Å². The van der Waals surface area contributed by atoms with E-state index in [9.17, 15) is 38.0 Å². The Kier molecular flexibility index (Phi) is 15.3. The quantitative estimate of drug-likeness (QED) is 0.0733. The summed E-state index contributed by atoms with van der Waals surface area (Å²) in [5.74, 6) is -2.53. The summed E-state index contributed by atoms with van der Waals surface area (Å²) < 4.78 is 69.1. The molecule has 1 heterocycles. The molecular weight excluding hydrogens is 715 g/mol. The van der Waals surface area contributed by atoms with Gasteiger partial charge in [-0.15, -0.1) is 12.4 Å². The Morgan fingerprint density at radius 2 is 1.54 bits per heavy atom. The fourth-order valence-electron chi connectivity index (χ4n) is 5.08. The van der Waals surface area contributed by atoms with Gasteiger partial charge in [0.15, 0.2) is 0 Å². The summed E-state index contributed by atoms with van der Waals surface area (Å²) in [6.45, 7) is 1.98. The monoisotopic (exact) mass is 751 g/mol. The SMILES string of the molecule is COC(=O)C1=C(C(F)(F)F)NC(C)=C(C(=O)OCCOc2ccc(OCCNCC(O)COc3ccccc3)cc2)C1c1cccc([N+](=O)[O-])c1.Cl. The van der Waals surface area contributed by atoms with Crippen molar-refractivity contribution in [1.82, 2.24) is 10.6 Å². The lowest BCUT2D eigenvalue weighted by Crippen LogP contribution is -2.38. The lowest BCUT2D eigenvalue weighted by molar-refractivity contribution is -0.384. The third kappa shape index (κ3) is 11.3. The number of rotatable bonds is 17. The number of alkyl halides is 3. The number of nitrogens with zero attached hydrogens (tertiary/aromatic N) is 1. The van der Waals surface area contributed by atoms with E-state index in [4.69, 9.17) is 18.9 Å². The molecule has 52 heavy (non-hydrogen) atoms. The number of esters is 2. The normalized spacial score (nSPS) is 14.8. The highest BCUT2D eigenvalue weighted by molar-refractivity contribution is 6.00. The Hall–Kier alpha value is -5.32. The molecule has 1 aliphatic rings. The van der Waals surface area contributed by atoms with Crippen molar-refractivity contribution in [2.45, 2.75) is 25.1 Å². The minimum Gasteiger partial charge on any atom is -0.492 e. The number of non-ortho nitro benzene ring substituents is 1. The van der Waals surface area contributed by atoms with E-state index >= 15 is 0 Å². The molecule has 0 radical (unpaired) electrons. The van der Waals surface area contributed by atoms with Crippen LogP contribution in [0.1, 0.15) is 18.4 Å². The lowest BCUT2D eigenvalue weighted by Gasteiger charge is -2.31. The zero-order chi connectivity index (χ0) is 37.0. The molecule has 0 saturated heterocycles. The van der Waals surface area contributed by atoms with Crippen molar-refractivity contribution in [3.05, 3.63) is 117 Å². The van der Waals surface area contributed by atoms with Crippen LogP contribution in [-0.4, -0.2) is 80.9 Å². The van der Waals surface area contributed by atoms with Gasteiger partial charge in [0.1, 0.15) is 55.5 Å². The molecule has 13 nitrogen and oxygen atoms in total. The molecule has 1 aliphatic heterocycles. The van der Waals surface area contributed by atoms with Crippen LogP contribution in [0.3, 0.4) is 0 Å². The summed E-state index contributed by atoms with van der Waals surface area (Å²) in [7, 11) is 0.878. The summed E-state index contributed by atoms with van der Waals surface area (Å²) in [4.78, 5) is 36.8. The van der Waals surface area contributed by atoms with Crippen molar-refractivity contribution in [2.24, 2.45) is 0 Å². The standard InChI is InChI=1S/C35H36F3N3O10.ClH/c1-22-29(30(23-7-6-8-24(19-23)41(45)46)31(33(43)47-2)32(40-22)35(36,37)38)34(44)50-18-17-49-28-13-11-27(12-14-28)48-16-15-39-20-25(42)21-51-26-9-4-3-5-10-26;/h3-14,19,25,30,39-40,42H,15-18,20-21H2,1-2H3;1H. The van der Waals surface area contributed by atoms with Crippen molar-refractivity contribution in [3.63, 3.8) is 0 Å². The van der Waals surface area contributed by atoms with E-state index in [1.54, 1.807) is 36.4 Å². The van der Waals surface area contributed by atoms with Crippen molar-refractivity contribution in [2.75, 3.05) is 46.6 Å². The number of benzene rings is 3. The van der Waals surface area contributed by atoms with E-state index in [0.717, 1.165) is 19.2 Å². The number of nitrogens with one attached hydrogen (secondary N) is 2. The molecule has 0 aliphatic carbocycles. The first-order chi connectivity index (χ1) is 24.4. The zero-order valence-electron chi connectivity index (χ0n) is 28.0. The molecule has 0 aromatic heterocycles. The number of hydrogen-bond acceptors (Lipinski definition) is 12. The first-order valence-electron chi connectivity index (χ1n) is 15.6. The van der Waals surface area contributed by atoms with E-state index in [1.807, 2.05) is 18.2 Å². The molecular formula is C35H37ClF3N3O10. The summed E-state index contributed by atoms with van der Waals surface area (Å²) in [5.41, 5.74) is -3.64. The molecule has 0 spiro atoms. The predicted molar refractivity (Wildman–Crippen MR) is 183 cm³/mol. The van der Waals surface area contributed by atoms with Crippen LogP contribution in [0.4, 0.5) is 18.9 Å². The van der Waals surface area contributed by atoms with E-state index in [2.05, 4.69) is 15.4 Å². The smallest absolute Gasteiger partial charge is 0.431 e.